The molecule has 0 aromatic carbocycles. The summed E-state index contributed by atoms with van der Waals surface area (Å²) in [6.45, 7) is 6.60. The summed E-state index contributed by atoms with van der Waals surface area (Å²) in [5.74, 6) is -0.614. The third-order valence-electron chi connectivity index (χ3n) is 13.0. The first kappa shape index (κ1) is 74.2. The van der Waals surface area contributed by atoms with Gasteiger partial charge < -0.3 is 28.5 Å². The van der Waals surface area contributed by atoms with Crippen LogP contribution in [0.3, 0.4) is 0 Å². The van der Waals surface area contributed by atoms with Crippen molar-refractivity contribution < 1.29 is 37.3 Å². The Morgan fingerprint density at radius 1 is 0.474 bits per heavy atom. The normalized spacial score (nSPS) is 14.6. The number of esters is 1. The number of phosphoric acid groups is 1. The average Bonchev–Trinajstić information content (AvgIpc) is 3.40. The second-order valence-corrected chi connectivity index (χ2v) is 23.0. The van der Waals surface area contributed by atoms with Crippen LogP contribution in [-0.4, -0.2) is 69.4 Å². The number of likely N-dealkylation sites (N-methyl/N-ethyl adjacent to an activating group) is 1. The fourth-order valence-electron chi connectivity index (χ4n) is 8.18. The first-order chi connectivity index (χ1) is 37.9. The lowest BCUT2D eigenvalue weighted by atomic mass is 10.0. The van der Waals surface area contributed by atoms with Crippen molar-refractivity contribution in [3.05, 3.63) is 134 Å². The van der Waals surface area contributed by atoms with E-state index < -0.39 is 26.6 Å². The molecule has 0 radical (unpaired) electrons. The second-order valence-electron chi connectivity index (χ2n) is 21.6. The van der Waals surface area contributed by atoms with Gasteiger partial charge in [0.15, 0.2) is 0 Å². The molecule has 0 saturated carbocycles. The van der Waals surface area contributed by atoms with Gasteiger partial charge in [-0.05, 0) is 96.0 Å². The summed E-state index contributed by atoms with van der Waals surface area (Å²) in [7, 11) is 1.12. The predicted octanol–water partition coefficient (Wildman–Crippen LogP) is 18.6. The summed E-state index contributed by atoms with van der Waals surface area (Å²) in [6.07, 6.45) is 79.9. The Labute approximate surface area is 479 Å². The standard InChI is InChI=1S/C68H115N2O7P/c1-7-10-13-16-19-22-25-28-30-32-33-34-35-36-37-39-41-43-46-49-52-55-58-61-68(72)77-66(59-56-53-50-47-44-27-24-21-18-15-12-9-3)65(64-76-78(73,74)75-63-62-70(4,5)6)69-67(71)60-57-54-51-48-45-42-40-38-31-29-26-23-20-17-14-11-8-2/h11,14,17,19-20,22-23,26,28-31,33-34,36-38,40,42,45,56,59,65-66H,7-10,12-13,15-16,18,21,24-25,27,32,35,39,41,43-44,46-55,57-58,60-64H2,1-6H3,(H-,69,71,73,74)/b14-11-,20-17+,22-19-,26-23+,30-28-,31-29-,34-33-,37-36-,40-38+,45-42+,59-56-. The zero-order valence-electron chi connectivity index (χ0n) is 50.6. The molecule has 0 aromatic rings. The molecule has 1 amide bonds. The number of hydrogen-bond acceptors (Lipinski definition) is 7. The van der Waals surface area contributed by atoms with Crippen LogP contribution >= 0.6 is 7.82 Å². The first-order valence-electron chi connectivity index (χ1n) is 31.1. The van der Waals surface area contributed by atoms with E-state index in [1.54, 1.807) is 0 Å². The molecule has 0 fully saturated rings. The van der Waals surface area contributed by atoms with Gasteiger partial charge in [0.05, 0.1) is 33.8 Å². The molecular weight excluding hydrogens is 988 g/mol. The topological polar surface area (TPSA) is 114 Å². The number of nitrogens with one attached hydrogen (secondary N) is 1. The van der Waals surface area contributed by atoms with Crippen molar-refractivity contribution in [3.8, 4) is 0 Å². The largest absolute Gasteiger partial charge is 0.756 e. The predicted molar refractivity (Wildman–Crippen MR) is 334 cm³/mol. The van der Waals surface area contributed by atoms with Crippen molar-refractivity contribution in [1.29, 1.82) is 0 Å². The minimum absolute atomic E-state index is 0.0413. The third-order valence-corrected chi connectivity index (χ3v) is 13.9. The number of carbonyl (C=O) groups excluding carboxylic acids is 2. The molecule has 3 unspecified atom stereocenters. The van der Waals surface area contributed by atoms with Gasteiger partial charge in [-0.2, -0.15) is 0 Å². The van der Waals surface area contributed by atoms with Crippen LogP contribution in [0.1, 0.15) is 233 Å². The SMILES string of the molecule is CC\C=C/C=C/C=C/C=C\C=C\C=C\CCCCCC(=O)NC(COP(=O)([O-])OCC[N+](C)(C)C)C(/C=C\CCCCCCCCCCCC)OC(=O)CCCCCCCCC/C=C\C/C=C\C/C=C\C/C=C\CCCCC. The molecule has 78 heavy (non-hydrogen) atoms. The second kappa shape index (κ2) is 56.4. The molecule has 0 bridgehead atoms. The van der Waals surface area contributed by atoms with Crippen molar-refractivity contribution in [3.63, 3.8) is 0 Å². The Hall–Kier alpha value is -3.85. The number of ether oxygens (including phenoxy) is 1. The van der Waals surface area contributed by atoms with Crippen molar-refractivity contribution in [1.82, 2.24) is 5.32 Å². The summed E-state index contributed by atoms with van der Waals surface area (Å²) in [4.78, 5) is 40.0. The highest BCUT2D eigenvalue weighted by Gasteiger charge is 2.27. The molecule has 0 aromatic heterocycles. The van der Waals surface area contributed by atoms with Crippen molar-refractivity contribution >= 4 is 19.7 Å². The van der Waals surface area contributed by atoms with Crippen LogP contribution in [0.5, 0.6) is 0 Å². The van der Waals surface area contributed by atoms with E-state index in [9.17, 15) is 19.0 Å². The molecule has 0 saturated heterocycles. The van der Waals surface area contributed by atoms with Crippen LogP contribution < -0.4 is 10.2 Å². The highest BCUT2D eigenvalue weighted by Crippen LogP contribution is 2.38. The maximum absolute atomic E-state index is 13.5. The Balaban J connectivity index is 5.34. The quantitative estimate of drug-likeness (QED) is 0.0161. The summed E-state index contributed by atoms with van der Waals surface area (Å²) < 4.78 is 30.3. The Kier molecular flexibility index (Phi) is 53.6. The van der Waals surface area contributed by atoms with E-state index >= 15 is 0 Å². The molecule has 0 aliphatic heterocycles. The molecule has 10 heteroatoms. The van der Waals surface area contributed by atoms with Crippen LogP contribution in [0.15, 0.2) is 134 Å². The molecule has 0 aliphatic rings. The van der Waals surface area contributed by atoms with Crippen molar-refractivity contribution in [2.75, 3.05) is 40.9 Å². The van der Waals surface area contributed by atoms with Gasteiger partial charge in [-0.1, -0.05) is 258 Å². The lowest BCUT2D eigenvalue weighted by Gasteiger charge is -2.30. The highest BCUT2D eigenvalue weighted by molar-refractivity contribution is 7.45. The van der Waals surface area contributed by atoms with Gasteiger partial charge in [0, 0.05) is 12.8 Å². The number of quaternary nitrogens is 1. The maximum atomic E-state index is 13.5. The maximum Gasteiger partial charge on any atom is 0.306 e. The van der Waals surface area contributed by atoms with Gasteiger partial charge in [-0.15, -0.1) is 0 Å². The highest BCUT2D eigenvalue weighted by atomic mass is 31.2. The fourth-order valence-corrected chi connectivity index (χ4v) is 8.91. The van der Waals surface area contributed by atoms with Crippen LogP contribution in [-0.2, 0) is 27.9 Å². The molecule has 0 aliphatic carbocycles. The number of carbonyl (C=O) groups is 2. The molecule has 9 nitrogen and oxygen atoms in total. The van der Waals surface area contributed by atoms with E-state index in [0.29, 0.717) is 23.9 Å². The minimum atomic E-state index is -4.72. The number of hydrogen-bond donors (Lipinski definition) is 1. The van der Waals surface area contributed by atoms with E-state index in [1.165, 1.54) is 96.3 Å². The van der Waals surface area contributed by atoms with Gasteiger partial charge in [-0.25, -0.2) is 0 Å². The van der Waals surface area contributed by atoms with E-state index in [2.05, 4.69) is 86.8 Å². The minimum Gasteiger partial charge on any atom is -0.756 e. The zero-order valence-corrected chi connectivity index (χ0v) is 51.5. The molecular formula is C68H115N2O7P. The van der Waals surface area contributed by atoms with Crippen molar-refractivity contribution in [2.45, 2.75) is 245 Å². The molecule has 3 atom stereocenters. The molecule has 444 valence electrons. The molecule has 1 N–H and O–H groups in total. The van der Waals surface area contributed by atoms with E-state index in [1.807, 2.05) is 94.1 Å². The average molecular weight is 1100 g/mol. The number of phosphoric ester groups is 1. The van der Waals surface area contributed by atoms with Crippen molar-refractivity contribution in [2.24, 2.45) is 0 Å². The number of allylic oxidation sites excluding steroid dienone is 21. The van der Waals surface area contributed by atoms with Gasteiger partial charge in [0.25, 0.3) is 7.82 Å². The lowest BCUT2D eigenvalue weighted by molar-refractivity contribution is -0.870. The van der Waals surface area contributed by atoms with E-state index in [0.717, 1.165) is 89.9 Å². The van der Waals surface area contributed by atoms with Gasteiger partial charge >= 0.3 is 5.97 Å². The Morgan fingerprint density at radius 2 is 0.872 bits per heavy atom. The lowest BCUT2D eigenvalue weighted by Crippen LogP contribution is -2.47. The van der Waals surface area contributed by atoms with Gasteiger partial charge in [0.1, 0.15) is 19.3 Å². The summed E-state index contributed by atoms with van der Waals surface area (Å²) in [6, 6.07) is -0.926. The molecule has 0 heterocycles. The first-order valence-corrected chi connectivity index (χ1v) is 32.5. The monoisotopic (exact) mass is 1100 g/mol. The Morgan fingerprint density at radius 3 is 1.38 bits per heavy atom. The van der Waals surface area contributed by atoms with Crippen LogP contribution in [0.25, 0.3) is 0 Å². The van der Waals surface area contributed by atoms with E-state index in [4.69, 9.17) is 13.8 Å². The van der Waals surface area contributed by atoms with Gasteiger partial charge in [-0.3, -0.25) is 14.2 Å². The van der Waals surface area contributed by atoms with Crippen LogP contribution in [0.4, 0.5) is 0 Å². The molecule has 0 spiro atoms. The smallest absolute Gasteiger partial charge is 0.306 e. The summed E-state index contributed by atoms with van der Waals surface area (Å²) >= 11 is 0. The van der Waals surface area contributed by atoms with Crippen LogP contribution in [0.2, 0.25) is 0 Å². The molecule has 0 rings (SSSR count). The Bertz CT molecular complexity index is 1800. The zero-order chi connectivity index (χ0) is 57.2. The summed E-state index contributed by atoms with van der Waals surface area (Å²) in [5, 5.41) is 2.99. The van der Waals surface area contributed by atoms with Crippen LogP contribution in [0, 0.1) is 0 Å². The third kappa shape index (κ3) is 56.9. The number of unbranched alkanes of at least 4 members (excludes halogenated alkanes) is 23. The fraction of sp³-hybridized carbons (Fsp3) is 0.647. The van der Waals surface area contributed by atoms with E-state index in [-0.39, 0.29) is 31.3 Å². The number of nitrogens with zero attached hydrogens (tertiary/aromatic N) is 1. The number of amides is 1. The summed E-state index contributed by atoms with van der Waals surface area (Å²) in [5.41, 5.74) is 0. The van der Waals surface area contributed by atoms with Gasteiger partial charge in [0.2, 0.25) is 5.91 Å². The number of rotatable bonds is 54.